The van der Waals surface area contributed by atoms with E-state index < -0.39 is 6.10 Å². The highest BCUT2D eigenvalue weighted by atomic mass is 35.5. The summed E-state index contributed by atoms with van der Waals surface area (Å²) in [5.74, 6) is 0.186. The summed E-state index contributed by atoms with van der Waals surface area (Å²) in [4.78, 5) is 12.6. The molecule has 3 aromatic carbocycles. The fourth-order valence-electron chi connectivity index (χ4n) is 2.55. The molecule has 0 aromatic heterocycles. The highest BCUT2D eigenvalue weighted by molar-refractivity contribution is 6.34. The van der Waals surface area contributed by atoms with Gasteiger partial charge in [-0.2, -0.15) is 0 Å². The molecule has 0 aliphatic carbocycles. The highest BCUT2D eigenvalue weighted by Crippen LogP contribution is 2.28. The second-order valence-electron chi connectivity index (χ2n) is 5.77. The van der Waals surface area contributed by atoms with Crippen LogP contribution in [0.3, 0.4) is 0 Å². The first-order chi connectivity index (χ1) is 12.5. The normalized spacial score (nSPS) is 11.7. The first-order valence-electron chi connectivity index (χ1n) is 8.11. The summed E-state index contributed by atoms with van der Waals surface area (Å²) in [5, 5.41) is 3.83. The number of hydrogen-bond acceptors (Lipinski definition) is 2. The molecule has 1 amide bonds. The Bertz CT molecular complexity index is 893. The van der Waals surface area contributed by atoms with Crippen LogP contribution in [0.15, 0.2) is 72.8 Å². The number of rotatable bonds is 5. The summed E-state index contributed by atoms with van der Waals surface area (Å²) in [6, 6.07) is 22.4. The third-order valence-corrected chi connectivity index (χ3v) is 4.22. The van der Waals surface area contributed by atoms with E-state index in [-0.39, 0.29) is 5.91 Å². The highest BCUT2D eigenvalue weighted by Gasteiger charge is 2.17. The van der Waals surface area contributed by atoms with Gasteiger partial charge in [-0.25, -0.2) is 0 Å². The zero-order chi connectivity index (χ0) is 18.5. The lowest BCUT2D eigenvalue weighted by Gasteiger charge is -2.17. The lowest BCUT2D eigenvalue weighted by molar-refractivity contribution is -0.122. The number of para-hydroxylation sites is 1. The summed E-state index contributed by atoms with van der Waals surface area (Å²) in [6.07, 6.45) is -0.714. The molecular formula is C21H17Cl2NO2. The molecule has 3 nitrogen and oxygen atoms in total. The number of carbonyl (C=O) groups is 1. The monoisotopic (exact) mass is 385 g/mol. The van der Waals surface area contributed by atoms with Crippen LogP contribution in [-0.2, 0) is 4.79 Å². The second kappa shape index (κ2) is 8.26. The van der Waals surface area contributed by atoms with Gasteiger partial charge in [-0.1, -0.05) is 71.7 Å². The Labute approximate surface area is 162 Å². The van der Waals surface area contributed by atoms with E-state index in [9.17, 15) is 4.79 Å². The van der Waals surface area contributed by atoms with Crippen LogP contribution >= 0.6 is 23.2 Å². The Kier molecular flexibility index (Phi) is 5.82. The molecule has 26 heavy (non-hydrogen) atoms. The van der Waals surface area contributed by atoms with Crippen molar-refractivity contribution >= 4 is 34.8 Å². The van der Waals surface area contributed by atoms with Crippen molar-refractivity contribution in [3.8, 4) is 16.9 Å². The van der Waals surface area contributed by atoms with Crippen molar-refractivity contribution in [3.63, 3.8) is 0 Å². The zero-order valence-electron chi connectivity index (χ0n) is 14.1. The third-order valence-electron chi connectivity index (χ3n) is 3.79. The van der Waals surface area contributed by atoms with Gasteiger partial charge in [-0.15, -0.1) is 0 Å². The predicted octanol–water partition coefficient (Wildman–Crippen LogP) is 6.07. The van der Waals surface area contributed by atoms with Crippen LogP contribution in [0.1, 0.15) is 6.92 Å². The average molecular weight is 386 g/mol. The van der Waals surface area contributed by atoms with E-state index in [0.29, 0.717) is 15.8 Å². The van der Waals surface area contributed by atoms with E-state index in [0.717, 1.165) is 16.8 Å². The molecular weight excluding hydrogens is 369 g/mol. The van der Waals surface area contributed by atoms with Crippen molar-refractivity contribution in [2.24, 2.45) is 0 Å². The van der Waals surface area contributed by atoms with Gasteiger partial charge in [0.1, 0.15) is 5.75 Å². The van der Waals surface area contributed by atoms with Gasteiger partial charge in [0, 0.05) is 21.3 Å². The number of ether oxygens (including phenoxy) is 1. The molecule has 0 radical (unpaired) electrons. The quantitative estimate of drug-likeness (QED) is 0.578. The maximum atomic E-state index is 12.6. The Morgan fingerprint density at radius 2 is 1.54 bits per heavy atom. The van der Waals surface area contributed by atoms with Crippen molar-refractivity contribution < 1.29 is 9.53 Å². The van der Waals surface area contributed by atoms with Crippen LogP contribution in [0.4, 0.5) is 5.69 Å². The summed E-state index contributed by atoms with van der Waals surface area (Å²) < 4.78 is 5.67. The SMILES string of the molecule is C[C@H](Oc1cc(Cl)cc(Cl)c1)C(=O)Nc1ccccc1-c1ccccc1. The van der Waals surface area contributed by atoms with Gasteiger partial charge < -0.3 is 10.1 Å². The van der Waals surface area contributed by atoms with Crippen LogP contribution in [0.5, 0.6) is 5.75 Å². The van der Waals surface area contributed by atoms with E-state index in [2.05, 4.69) is 5.32 Å². The number of benzene rings is 3. The van der Waals surface area contributed by atoms with Gasteiger partial charge in [-0.05, 0) is 36.8 Å². The maximum absolute atomic E-state index is 12.6. The minimum Gasteiger partial charge on any atom is -0.481 e. The van der Waals surface area contributed by atoms with E-state index in [1.165, 1.54) is 0 Å². The number of anilines is 1. The largest absolute Gasteiger partial charge is 0.481 e. The molecule has 0 unspecified atom stereocenters. The minimum atomic E-state index is -0.714. The summed E-state index contributed by atoms with van der Waals surface area (Å²) in [5.41, 5.74) is 2.70. The molecule has 0 fully saturated rings. The van der Waals surface area contributed by atoms with Crippen molar-refractivity contribution in [2.45, 2.75) is 13.0 Å². The van der Waals surface area contributed by atoms with Crippen molar-refractivity contribution in [2.75, 3.05) is 5.32 Å². The topological polar surface area (TPSA) is 38.3 Å². The Hall–Kier alpha value is -2.49. The van der Waals surface area contributed by atoms with Crippen molar-refractivity contribution in [1.82, 2.24) is 0 Å². The molecule has 0 saturated carbocycles. The molecule has 1 atom stereocenters. The van der Waals surface area contributed by atoms with Gasteiger partial charge in [0.25, 0.3) is 5.91 Å². The van der Waals surface area contributed by atoms with Crippen molar-refractivity contribution in [3.05, 3.63) is 82.8 Å². The van der Waals surface area contributed by atoms with Gasteiger partial charge in [0.15, 0.2) is 6.10 Å². The van der Waals surface area contributed by atoms with E-state index in [1.54, 1.807) is 25.1 Å². The molecule has 0 spiro atoms. The minimum absolute atomic E-state index is 0.260. The maximum Gasteiger partial charge on any atom is 0.265 e. The average Bonchev–Trinajstić information content (AvgIpc) is 2.62. The van der Waals surface area contributed by atoms with Gasteiger partial charge in [0.05, 0.1) is 0 Å². The molecule has 0 aliphatic heterocycles. The molecule has 5 heteroatoms. The lowest BCUT2D eigenvalue weighted by atomic mass is 10.0. The first kappa shape index (κ1) is 18.3. The molecule has 0 bridgehead atoms. The molecule has 132 valence electrons. The fraction of sp³-hybridized carbons (Fsp3) is 0.0952. The summed E-state index contributed by atoms with van der Waals surface area (Å²) in [7, 11) is 0. The van der Waals surface area contributed by atoms with Crippen molar-refractivity contribution in [1.29, 1.82) is 0 Å². The number of amides is 1. The van der Waals surface area contributed by atoms with Crippen LogP contribution in [-0.4, -0.2) is 12.0 Å². The van der Waals surface area contributed by atoms with Crippen LogP contribution in [0.2, 0.25) is 10.0 Å². The standard InChI is InChI=1S/C21H17Cl2NO2/c1-14(26-18-12-16(22)11-17(23)13-18)21(25)24-20-10-6-5-9-19(20)15-7-3-2-4-8-15/h2-14H,1H3,(H,24,25)/t14-/m0/s1. The number of carbonyl (C=O) groups excluding carboxylic acids is 1. The van der Waals surface area contributed by atoms with Gasteiger partial charge in [0.2, 0.25) is 0 Å². The molecule has 3 aromatic rings. The fourth-order valence-corrected chi connectivity index (χ4v) is 3.06. The Morgan fingerprint density at radius 1 is 0.923 bits per heavy atom. The Balaban J connectivity index is 1.76. The lowest BCUT2D eigenvalue weighted by Crippen LogP contribution is -2.30. The first-order valence-corrected chi connectivity index (χ1v) is 8.86. The molecule has 1 N–H and O–H groups in total. The zero-order valence-corrected chi connectivity index (χ0v) is 15.6. The van der Waals surface area contributed by atoms with Crippen LogP contribution in [0, 0.1) is 0 Å². The summed E-state index contributed by atoms with van der Waals surface area (Å²) >= 11 is 11.9. The van der Waals surface area contributed by atoms with Gasteiger partial charge in [-0.3, -0.25) is 4.79 Å². The Morgan fingerprint density at radius 3 is 2.23 bits per heavy atom. The molecule has 0 aliphatic rings. The van der Waals surface area contributed by atoms with E-state index in [4.69, 9.17) is 27.9 Å². The summed E-state index contributed by atoms with van der Waals surface area (Å²) in [6.45, 7) is 1.68. The smallest absolute Gasteiger partial charge is 0.265 e. The third kappa shape index (κ3) is 4.57. The molecule has 3 rings (SSSR count). The number of hydrogen-bond donors (Lipinski definition) is 1. The molecule has 0 heterocycles. The number of halogens is 2. The van der Waals surface area contributed by atoms with E-state index in [1.807, 2.05) is 54.6 Å². The second-order valence-corrected chi connectivity index (χ2v) is 6.64. The predicted molar refractivity (Wildman–Crippen MR) is 107 cm³/mol. The van der Waals surface area contributed by atoms with Crippen LogP contribution < -0.4 is 10.1 Å². The molecule has 0 saturated heterocycles. The van der Waals surface area contributed by atoms with E-state index >= 15 is 0 Å². The number of nitrogens with one attached hydrogen (secondary N) is 1. The van der Waals surface area contributed by atoms with Crippen LogP contribution in [0.25, 0.3) is 11.1 Å². The van der Waals surface area contributed by atoms with Gasteiger partial charge >= 0.3 is 0 Å².